The van der Waals surface area contributed by atoms with Crippen LogP contribution in [0.3, 0.4) is 0 Å². The van der Waals surface area contributed by atoms with Gasteiger partial charge in [-0.15, -0.1) is 0 Å². The van der Waals surface area contributed by atoms with Crippen LogP contribution in [0.1, 0.15) is 12.0 Å². The Morgan fingerprint density at radius 2 is 2.41 bits per heavy atom. The maximum atomic E-state index is 10.7. The molecule has 0 aliphatic carbocycles. The summed E-state index contributed by atoms with van der Waals surface area (Å²) in [6.45, 7) is 1.10. The number of ether oxygens (including phenoxy) is 2. The zero-order chi connectivity index (χ0) is 12.3. The molecule has 0 unspecified atom stereocenters. The van der Waals surface area contributed by atoms with Crippen LogP contribution in [-0.4, -0.2) is 25.2 Å². The molecule has 0 fully saturated rings. The van der Waals surface area contributed by atoms with E-state index < -0.39 is 4.92 Å². The van der Waals surface area contributed by atoms with E-state index in [1.54, 1.807) is 19.2 Å². The first-order valence-corrected chi connectivity index (χ1v) is 5.32. The van der Waals surface area contributed by atoms with Crippen LogP contribution in [0.4, 0.5) is 5.69 Å². The molecule has 0 atom stereocenters. The lowest BCUT2D eigenvalue weighted by molar-refractivity contribution is -0.384. The smallest absolute Gasteiger partial charge is 0.270 e. The summed E-state index contributed by atoms with van der Waals surface area (Å²) in [5.74, 6) is 0.698. The Bertz CT molecular complexity index is 468. The minimum absolute atomic E-state index is 0.0811. The minimum atomic E-state index is -0.400. The Balaban J connectivity index is 2.41. The average molecular weight is 235 g/mol. The molecule has 0 saturated carbocycles. The molecule has 5 heteroatoms. The fourth-order valence-electron chi connectivity index (χ4n) is 1.81. The van der Waals surface area contributed by atoms with Gasteiger partial charge in [0.15, 0.2) is 0 Å². The molecule has 0 spiro atoms. The minimum Gasteiger partial charge on any atom is -0.493 e. The lowest BCUT2D eigenvalue weighted by Crippen LogP contribution is -2.08. The fourth-order valence-corrected chi connectivity index (χ4v) is 1.81. The molecular weight excluding hydrogens is 222 g/mol. The Morgan fingerprint density at radius 3 is 3.12 bits per heavy atom. The van der Waals surface area contributed by atoms with Gasteiger partial charge < -0.3 is 9.47 Å². The van der Waals surface area contributed by atoms with Gasteiger partial charge in [0.25, 0.3) is 5.69 Å². The van der Waals surface area contributed by atoms with Crippen LogP contribution < -0.4 is 4.74 Å². The van der Waals surface area contributed by atoms with Crippen LogP contribution in [0.25, 0.3) is 5.57 Å². The van der Waals surface area contributed by atoms with Crippen molar-refractivity contribution in [3.8, 4) is 5.75 Å². The third kappa shape index (κ3) is 2.45. The lowest BCUT2D eigenvalue weighted by Gasteiger charge is -2.19. The predicted molar refractivity (Wildman–Crippen MR) is 63.1 cm³/mol. The second-order valence-electron chi connectivity index (χ2n) is 3.72. The molecule has 2 rings (SSSR count). The molecule has 0 N–H and O–H groups in total. The topological polar surface area (TPSA) is 61.6 Å². The number of nitro groups is 1. The summed E-state index contributed by atoms with van der Waals surface area (Å²) >= 11 is 0. The highest BCUT2D eigenvalue weighted by molar-refractivity contribution is 5.73. The molecule has 90 valence electrons. The van der Waals surface area contributed by atoms with Crippen LogP contribution in [0.5, 0.6) is 5.75 Å². The molecule has 17 heavy (non-hydrogen) atoms. The van der Waals surface area contributed by atoms with Gasteiger partial charge in [-0.3, -0.25) is 10.1 Å². The lowest BCUT2D eigenvalue weighted by atomic mass is 9.99. The number of nitro benzene ring substituents is 1. The van der Waals surface area contributed by atoms with Gasteiger partial charge in [0.05, 0.1) is 18.1 Å². The Kier molecular flexibility index (Phi) is 3.39. The summed E-state index contributed by atoms with van der Waals surface area (Å²) in [5, 5.41) is 10.7. The first-order chi connectivity index (χ1) is 8.22. The SMILES string of the molecule is COCC=C1CCOc2ccc([N+](=O)[O-])cc21. The quantitative estimate of drug-likeness (QED) is 0.596. The number of methoxy groups -OCH3 is 1. The third-order valence-electron chi connectivity index (χ3n) is 2.65. The Labute approximate surface area is 98.8 Å². The summed E-state index contributed by atoms with van der Waals surface area (Å²) in [4.78, 5) is 10.3. The average Bonchev–Trinajstić information content (AvgIpc) is 2.35. The van der Waals surface area contributed by atoms with Crippen LogP contribution in [0.2, 0.25) is 0 Å². The first-order valence-electron chi connectivity index (χ1n) is 5.32. The largest absolute Gasteiger partial charge is 0.493 e. The van der Waals surface area contributed by atoms with Crippen molar-refractivity contribution in [1.29, 1.82) is 0 Å². The molecule has 0 saturated heterocycles. The van der Waals surface area contributed by atoms with Gasteiger partial charge in [0.1, 0.15) is 5.75 Å². The molecule has 0 radical (unpaired) electrons. The fraction of sp³-hybridized carbons (Fsp3) is 0.333. The number of non-ortho nitro benzene ring substituents is 1. The number of rotatable bonds is 3. The van der Waals surface area contributed by atoms with Crippen molar-refractivity contribution in [3.63, 3.8) is 0 Å². The summed E-state index contributed by atoms with van der Waals surface area (Å²) in [6, 6.07) is 4.65. The van der Waals surface area contributed by atoms with E-state index in [2.05, 4.69) is 0 Å². The standard InChI is InChI=1S/C12H13NO4/c1-16-6-4-9-5-7-17-12-3-2-10(13(14)15)8-11(9)12/h2-4,8H,5-7H2,1H3. The van der Waals surface area contributed by atoms with E-state index in [9.17, 15) is 10.1 Å². The van der Waals surface area contributed by atoms with E-state index >= 15 is 0 Å². The van der Waals surface area contributed by atoms with E-state index in [1.165, 1.54) is 6.07 Å². The highest BCUT2D eigenvalue weighted by atomic mass is 16.6. The van der Waals surface area contributed by atoms with Gasteiger partial charge in [-0.05, 0) is 11.6 Å². The van der Waals surface area contributed by atoms with Gasteiger partial charge >= 0.3 is 0 Å². The van der Waals surface area contributed by atoms with E-state index in [1.807, 2.05) is 6.08 Å². The zero-order valence-corrected chi connectivity index (χ0v) is 9.51. The van der Waals surface area contributed by atoms with E-state index in [0.29, 0.717) is 19.0 Å². The molecular formula is C12H13NO4. The highest BCUT2D eigenvalue weighted by Crippen LogP contribution is 2.35. The van der Waals surface area contributed by atoms with E-state index in [-0.39, 0.29) is 5.69 Å². The van der Waals surface area contributed by atoms with Crippen molar-refractivity contribution in [2.45, 2.75) is 6.42 Å². The summed E-state index contributed by atoms with van der Waals surface area (Å²) in [5.41, 5.74) is 1.91. The Hall–Kier alpha value is -1.88. The van der Waals surface area contributed by atoms with Crippen LogP contribution >= 0.6 is 0 Å². The van der Waals surface area contributed by atoms with Crippen LogP contribution in [0.15, 0.2) is 24.3 Å². The van der Waals surface area contributed by atoms with Crippen molar-refractivity contribution >= 4 is 11.3 Å². The zero-order valence-electron chi connectivity index (χ0n) is 9.51. The van der Waals surface area contributed by atoms with Crippen molar-refractivity contribution in [3.05, 3.63) is 40.0 Å². The van der Waals surface area contributed by atoms with Crippen LogP contribution in [-0.2, 0) is 4.74 Å². The number of hydrogen-bond acceptors (Lipinski definition) is 4. The maximum Gasteiger partial charge on any atom is 0.270 e. The summed E-state index contributed by atoms with van der Waals surface area (Å²) in [7, 11) is 1.62. The molecule has 1 aliphatic rings. The number of benzene rings is 1. The van der Waals surface area contributed by atoms with Crippen molar-refractivity contribution in [2.75, 3.05) is 20.3 Å². The van der Waals surface area contributed by atoms with Crippen molar-refractivity contribution in [1.82, 2.24) is 0 Å². The molecule has 1 aromatic rings. The maximum absolute atomic E-state index is 10.7. The predicted octanol–water partition coefficient (Wildman–Crippen LogP) is 2.41. The molecule has 1 aromatic carbocycles. The third-order valence-corrected chi connectivity index (χ3v) is 2.65. The van der Waals surface area contributed by atoms with Crippen LogP contribution in [0, 0.1) is 10.1 Å². The van der Waals surface area contributed by atoms with Gasteiger partial charge in [0, 0.05) is 31.2 Å². The number of nitrogens with zero attached hydrogens (tertiary/aromatic N) is 1. The molecule has 0 bridgehead atoms. The Morgan fingerprint density at radius 1 is 1.59 bits per heavy atom. The molecule has 0 amide bonds. The molecule has 1 heterocycles. The first kappa shape index (κ1) is 11.6. The van der Waals surface area contributed by atoms with Gasteiger partial charge in [-0.2, -0.15) is 0 Å². The van der Waals surface area contributed by atoms with Gasteiger partial charge in [-0.25, -0.2) is 0 Å². The number of hydrogen-bond donors (Lipinski definition) is 0. The molecule has 1 aliphatic heterocycles. The second-order valence-corrected chi connectivity index (χ2v) is 3.72. The van der Waals surface area contributed by atoms with Gasteiger partial charge in [-0.1, -0.05) is 6.08 Å². The molecule has 0 aromatic heterocycles. The van der Waals surface area contributed by atoms with E-state index in [0.717, 1.165) is 17.6 Å². The normalized spacial score (nSPS) is 16.4. The van der Waals surface area contributed by atoms with Gasteiger partial charge in [0.2, 0.25) is 0 Å². The highest BCUT2D eigenvalue weighted by Gasteiger charge is 2.18. The molecule has 5 nitrogen and oxygen atoms in total. The monoisotopic (exact) mass is 235 g/mol. The van der Waals surface area contributed by atoms with Crippen molar-refractivity contribution < 1.29 is 14.4 Å². The number of fused-ring (bicyclic) bond motifs is 1. The van der Waals surface area contributed by atoms with E-state index in [4.69, 9.17) is 9.47 Å². The van der Waals surface area contributed by atoms with Crippen molar-refractivity contribution in [2.24, 2.45) is 0 Å². The summed E-state index contributed by atoms with van der Waals surface area (Å²) < 4.78 is 10.5. The summed E-state index contributed by atoms with van der Waals surface area (Å²) in [6.07, 6.45) is 2.68. The second kappa shape index (κ2) is 4.97.